The minimum atomic E-state index is 0.774. The van der Waals surface area contributed by atoms with Crippen LogP contribution in [-0.2, 0) is 6.42 Å². The summed E-state index contributed by atoms with van der Waals surface area (Å²) < 4.78 is 1.01. The number of hydrogen-bond acceptors (Lipinski definition) is 2. The first-order chi connectivity index (χ1) is 5.72. The fourth-order valence-corrected chi connectivity index (χ4v) is 1.27. The first kappa shape index (κ1) is 9.85. The van der Waals surface area contributed by atoms with Crippen molar-refractivity contribution in [3.63, 3.8) is 0 Å². The van der Waals surface area contributed by atoms with Crippen LogP contribution in [0.3, 0.4) is 0 Å². The fourth-order valence-electron chi connectivity index (χ4n) is 0.785. The molecule has 0 unspecified atom stereocenters. The Morgan fingerprint density at radius 2 is 2.42 bits per heavy atom. The summed E-state index contributed by atoms with van der Waals surface area (Å²) in [6.07, 6.45) is 2.63. The van der Waals surface area contributed by atoms with Gasteiger partial charge in [-0.2, -0.15) is 0 Å². The predicted octanol–water partition coefficient (Wildman–Crippen LogP) is 1.78. The average Bonchev–Trinajstić information content (AvgIpc) is 2.09. The maximum Gasteiger partial charge on any atom is 0.101 e. The molecule has 0 saturated heterocycles. The van der Waals surface area contributed by atoms with E-state index in [9.17, 15) is 0 Å². The monoisotopic (exact) mass is 292 g/mol. The Hall–Kier alpha value is -0.230. The summed E-state index contributed by atoms with van der Waals surface area (Å²) in [5.74, 6) is 0. The highest BCUT2D eigenvalue weighted by Gasteiger charge is 1.96. The molecule has 64 valence electrons. The van der Waals surface area contributed by atoms with E-state index in [4.69, 9.17) is 12.2 Å². The smallest absolute Gasteiger partial charge is 0.101 e. The highest BCUT2D eigenvalue weighted by atomic mass is 127. The summed E-state index contributed by atoms with van der Waals surface area (Å²) in [6, 6.07) is 4.02. The largest absolute Gasteiger partial charge is 0.382 e. The SMILES string of the molecule is CNC(=S)Cc1ccc(I)nc1. The van der Waals surface area contributed by atoms with Gasteiger partial charge in [0, 0.05) is 19.7 Å². The van der Waals surface area contributed by atoms with Crippen molar-refractivity contribution < 1.29 is 0 Å². The third-order valence-corrected chi connectivity index (χ3v) is 2.42. The standard InChI is InChI=1S/C8H9IN2S/c1-10-8(12)4-6-2-3-7(9)11-5-6/h2-3,5H,4H2,1H3,(H,10,12). The maximum absolute atomic E-state index is 5.03. The highest BCUT2D eigenvalue weighted by molar-refractivity contribution is 14.1. The van der Waals surface area contributed by atoms with Gasteiger partial charge in [0.25, 0.3) is 0 Å². The Balaban J connectivity index is 2.64. The second-order valence-electron chi connectivity index (χ2n) is 2.34. The van der Waals surface area contributed by atoms with Gasteiger partial charge in [0.15, 0.2) is 0 Å². The topological polar surface area (TPSA) is 24.9 Å². The first-order valence-electron chi connectivity index (χ1n) is 3.53. The van der Waals surface area contributed by atoms with Crippen LogP contribution in [-0.4, -0.2) is 17.0 Å². The quantitative estimate of drug-likeness (QED) is 0.511. The third kappa shape index (κ3) is 3.02. The second kappa shape index (κ2) is 4.71. The lowest BCUT2D eigenvalue weighted by molar-refractivity contribution is 1.12. The summed E-state index contributed by atoms with van der Waals surface area (Å²) in [6.45, 7) is 0. The zero-order valence-corrected chi connectivity index (χ0v) is 9.65. The Bertz CT molecular complexity index is 271. The van der Waals surface area contributed by atoms with Gasteiger partial charge in [-0.1, -0.05) is 18.3 Å². The molecule has 0 saturated carbocycles. The van der Waals surface area contributed by atoms with Crippen molar-refractivity contribution in [2.45, 2.75) is 6.42 Å². The minimum absolute atomic E-state index is 0.774. The Morgan fingerprint density at radius 1 is 1.67 bits per heavy atom. The van der Waals surface area contributed by atoms with Crippen LogP contribution in [0, 0.1) is 3.70 Å². The van der Waals surface area contributed by atoms with Crippen molar-refractivity contribution in [3.8, 4) is 0 Å². The molecular weight excluding hydrogens is 283 g/mol. The molecular formula is C8H9IN2S. The molecule has 0 fully saturated rings. The van der Waals surface area contributed by atoms with E-state index in [0.717, 1.165) is 20.7 Å². The van der Waals surface area contributed by atoms with Crippen LogP contribution < -0.4 is 5.32 Å². The molecule has 0 amide bonds. The van der Waals surface area contributed by atoms with E-state index < -0.39 is 0 Å². The third-order valence-electron chi connectivity index (χ3n) is 1.43. The zero-order chi connectivity index (χ0) is 8.97. The van der Waals surface area contributed by atoms with Crippen molar-refractivity contribution in [1.82, 2.24) is 10.3 Å². The van der Waals surface area contributed by atoms with Crippen molar-refractivity contribution in [1.29, 1.82) is 0 Å². The highest BCUT2D eigenvalue weighted by Crippen LogP contribution is 2.03. The fraction of sp³-hybridized carbons (Fsp3) is 0.250. The summed E-state index contributed by atoms with van der Waals surface area (Å²) in [4.78, 5) is 5.01. The summed E-state index contributed by atoms with van der Waals surface area (Å²) in [7, 11) is 1.84. The Morgan fingerprint density at radius 3 is 2.92 bits per heavy atom. The normalized spacial score (nSPS) is 9.50. The van der Waals surface area contributed by atoms with Crippen LogP contribution in [0.5, 0.6) is 0 Å². The lowest BCUT2D eigenvalue weighted by Gasteiger charge is -2.01. The van der Waals surface area contributed by atoms with Crippen molar-refractivity contribution in [2.24, 2.45) is 0 Å². The van der Waals surface area contributed by atoms with E-state index in [1.807, 2.05) is 25.4 Å². The molecule has 0 aliphatic heterocycles. The van der Waals surface area contributed by atoms with Crippen LogP contribution in [0.25, 0.3) is 0 Å². The van der Waals surface area contributed by atoms with Gasteiger partial charge in [0.05, 0.1) is 4.99 Å². The Kier molecular flexibility index (Phi) is 3.87. The van der Waals surface area contributed by atoms with Gasteiger partial charge in [0.2, 0.25) is 0 Å². The second-order valence-corrected chi connectivity index (χ2v) is 3.94. The lowest BCUT2D eigenvalue weighted by atomic mass is 10.2. The number of rotatable bonds is 2. The number of halogens is 1. The number of nitrogens with one attached hydrogen (secondary N) is 1. The average molecular weight is 292 g/mol. The molecule has 0 aromatic carbocycles. The molecule has 0 bridgehead atoms. The van der Waals surface area contributed by atoms with E-state index in [1.165, 1.54) is 0 Å². The van der Waals surface area contributed by atoms with Gasteiger partial charge in [-0.3, -0.25) is 4.98 Å². The van der Waals surface area contributed by atoms with Gasteiger partial charge in [-0.15, -0.1) is 0 Å². The van der Waals surface area contributed by atoms with Gasteiger partial charge in [-0.05, 0) is 34.2 Å². The number of thiocarbonyl (C=S) groups is 1. The number of hydrogen-bond donors (Lipinski definition) is 1. The lowest BCUT2D eigenvalue weighted by Crippen LogP contribution is -2.17. The van der Waals surface area contributed by atoms with Crippen LogP contribution in [0.1, 0.15) is 5.56 Å². The predicted molar refractivity (Wildman–Crippen MR) is 62.3 cm³/mol. The zero-order valence-electron chi connectivity index (χ0n) is 6.67. The molecule has 4 heteroatoms. The van der Waals surface area contributed by atoms with Crippen LogP contribution in [0.4, 0.5) is 0 Å². The maximum atomic E-state index is 5.03. The minimum Gasteiger partial charge on any atom is -0.382 e. The molecule has 1 heterocycles. The van der Waals surface area contributed by atoms with E-state index >= 15 is 0 Å². The van der Waals surface area contributed by atoms with Crippen LogP contribution in [0.15, 0.2) is 18.3 Å². The molecule has 0 aliphatic rings. The number of pyridine rings is 1. The molecule has 0 aliphatic carbocycles. The first-order valence-corrected chi connectivity index (χ1v) is 5.02. The summed E-state index contributed by atoms with van der Waals surface area (Å²) in [5.41, 5.74) is 1.15. The van der Waals surface area contributed by atoms with Gasteiger partial charge < -0.3 is 5.32 Å². The molecule has 2 nitrogen and oxygen atoms in total. The van der Waals surface area contributed by atoms with E-state index in [-0.39, 0.29) is 0 Å². The number of likely N-dealkylation sites (N-methyl/N-ethyl adjacent to an activating group) is 1. The molecule has 1 aromatic rings. The molecule has 12 heavy (non-hydrogen) atoms. The molecule has 1 aromatic heterocycles. The molecule has 0 spiro atoms. The van der Waals surface area contributed by atoms with Gasteiger partial charge >= 0.3 is 0 Å². The van der Waals surface area contributed by atoms with Crippen molar-refractivity contribution in [3.05, 3.63) is 27.6 Å². The Labute approximate surface area is 90.9 Å². The van der Waals surface area contributed by atoms with Crippen molar-refractivity contribution >= 4 is 39.8 Å². The summed E-state index contributed by atoms with van der Waals surface area (Å²) >= 11 is 7.21. The van der Waals surface area contributed by atoms with E-state index in [1.54, 1.807) is 0 Å². The van der Waals surface area contributed by atoms with Crippen molar-refractivity contribution in [2.75, 3.05) is 7.05 Å². The van der Waals surface area contributed by atoms with Gasteiger partial charge in [0.1, 0.15) is 3.70 Å². The van der Waals surface area contributed by atoms with E-state index in [2.05, 4.69) is 32.9 Å². The van der Waals surface area contributed by atoms with Crippen LogP contribution >= 0.6 is 34.8 Å². The van der Waals surface area contributed by atoms with Crippen LogP contribution in [0.2, 0.25) is 0 Å². The number of nitrogens with zero attached hydrogens (tertiary/aromatic N) is 1. The molecule has 1 rings (SSSR count). The summed E-state index contributed by atoms with van der Waals surface area (Å²) in [5, 5.41) is 2.93. The van der Waals surface area contributed by atoms with Gasteiger partial charge in [-0.25, -0.2) is 0 Å². The van der Waals surface area contributed by atoms with E-state index in [0.29, 0.717) is 0 Å². The number of aromatic nitrogens is 1. The molecule has 1 N–H and O–H groups in total. The molecule has 0 atom stereocenters. The molecule has 0 radical (unpaired) electrons.